The Kier molecular flexibility index (Phi) is 8.51. The van der Waals surface area contributed by atoms with Gasteiger partial charge in [-0.15, -0.1) is 0 Å². The second kappa shape index (κ2) is 11.5. The van der Waals surface area contributed by atoms with Gasteiger partial charge in [0.1, 0.15) is 18.0 Å². The standard InChI is InChI=1S/C30H42N6O3Si/c1-20-17-36(19-38-12-13-40(7,8)9)28(32-20)27-24-14-22(10-11-26(24)33-34-27)25-16-31-15-23(21(25)2)18-35(6)29(37)39-30(3,4)5/h10-11,14-17H,12-13,18-19H2,1-9H3,(H,33,34). The normalized spacial score (nSPS) is 12.2. The lowest BCUT2D eigenvalue weighted by Gasteiger charge is -2.25. The average Bonchev–Trinajstić information content (AvgIpc) is 3.43. The summed E-state index contributed by atoms with van der Waals surface area (Å²) in [5.41, 5.74) is 6.11. The van der Waals surface area contributed by atoms with Crippen molar-refractivity contribution in [3.63, 3.8) is 0 Å². The number of rotatable bonds is 9. The van der Waals surface area contributed by atoms with Crippen molar-refractivity contribution >= 4 is 25.1 Å². The van der Waals surface area contributed by atoms with E-state index in [-0.39, 0.29) is 6.09 Å². The molecule has 0 saturated heterocycles. The Hall–Kier alpha value is -3.50. The van der Waals surface area contributed by atoms with Crippen molar-refractivity contribution in [2.75, 3.05) is 13.7 Å². The van der Waals surface area contributed by atoms with Gasteiger partial charge in [-0.1, -0.05) is 25.7 Å². The second-order valence-corrected chi connectivity index (χ2v) is 18.3. The highest BCUT2D eigenvalue weighted by Crippen LogP contribution is 2.32. The van der Waals surface area contributed by atoms with E-state index in [9.17, 15) is 4.79 Å². The number of H-pyrrole nitrogens is 1. The molecule has 0 spiro atoms. The van der Waals surface area contributed by atoms with Crippen molar-refractivity contribution in [3.05, 3.63) is 53.6 Å². The number of aromatic nitrogens is 5. The van der Waals surface area contributed by atoms with Crippen LogP contribution < -0.4 is 0 Å². The third-order valence-corrected chi connectivity index (χ3v) is 8.35. The van der Waals surface area contributed by atoms with Crippen LogP contribution in [0.3, 0.4) is 0 Å². The minimum atomic E-state index is -1.16. The topological polar surface area (TPSA) is 98.2 Å². The van der Waals surface area contributed by atoms with Gasteiger partial charge in [-0.05, 0) is 69.5 Å². The molecule has 0 unspecified atom stereocenters. The van der Waals surface area contributed by atoms with Crippen LogP contribution in [-0.4, -0.2) is 63.1 Å². The number of imidazole rings is 1. The zero-order chi connectivity index (χ0) is 29.2. The first kappa shape index (κ1) is 29.5. The number of hydrogen-bond acceptors (Lipinski definition) is 6. The Labute approximate surface area is 237 Å². The van der Waals surface area contributed by atoms with Crippen LogP contribution >= 0.6 is 0 Å². The summed E-state index contributed by atoms with van der Waals surface area (Å²) in [6, 6.07) is 7.34. The number of carbonyl (C=O) groups excluding carboxylic acids is 1. The number of amides is 1. The molecule has 0 bridgehead atoms. The fourth-order valence-electron chi connectivity index (χ4n) is 4.41. The smallest absolute Gasteiger partial charge is 0.410 e. The van der Waals surface area contributed by atoms with Crippen molar-refractivity contribution in [1.29, 1.82) is 0 Å². The third-order valence-electron chi connectivity index (χ3n) is 6.64. The summed E-state index contributed by atoms with van der Waals surface area (Å²) >= 11 is 0. The van der Waals surface area contributed by atoms with Gasteiger partial charge >= 0.3 is 6.09 Å². The van der Waals surface area contributed by atoms with E-state index in [4.69, 9.17) is 14.5 Å². The SMILES string of the molecule is Cc1cn(COCC[Si](C)(C)C)c(-c2n[nH]c3ccc(-c4cncc(CN(C)C(=O)OC(C)(C)C)c4C)cc23)n1. The lowest BCUT2D eigenvalue weighted by molar-refractivity contribution is 0.0284. The van der Waals surface area contributed by atoms with Crippen LogP contribution in [0.4, 0.5) is 4.79 Å². The van der Waals surface area contributed by atoms with Crippen LogP contribution in [0, 0.1) is 13.8 Å². The molecular formula is C30H42N6O3Si. The van der Waals surface area contributed by atoms with Crippen molar-refractivity contribution in [2.24, 2.45) is 0 Å². The molecule has 0 aliphatic carbocycles. The van der Waals surface area contributed by atoms with Gasteiger partial charge in [0.25, 0.3) is 0 Å². The quantitative estimate of drug-likeness (QED) is 0.178. The predicted octanol–water partition coefficient (Wildman–Crippen LogP) is 6.78. The van der Waals surface area contributed by atoms with E-state index in [0.717, 1.165) is 63.0 Å². The lowest BCUT2D eigenvalue weighted by Crippen LogP contribution is -2.34. The molecule has 3 aromatic heterocycles. The maximum absolute atomic E-state index is 12.5. The Bertz CT molecular complexity index is 1500. The van der Waals surface area contributed by atoms with Crippen LogP contribution in [0.25, 0.3) is 33.5 Å². The number of carbonyl (C=O) groups is 1. The number of benzene rings is 1. The summed E-state index contributed by atoms with van der Waals surface area (Å²) in [6.45, 7) is 18.3. The van der Waals surface area contributed by atoms with Crippen LogP contribution in [0.15, 0.2) is 36.8 Å². The molecule has 0 radical (unpaired) electrons. The molecule has 1 aromatic carbocycles. The van der Waals surface area contributed by atoms with Gasteiger partial charge < -0.3 is 18.9 Å². The molecule has 0 saturated carbocycles. The van der Waals surface area contributed by atoms with Crippen LogP contribution in [0.2, 0.25) is 25.7 Å². The number of nitrogens with one attached hydrogen (secondary N) is 1. The minimum Gasteiger partial charge on any atom is -0.444 e. The molecule has 1 amide bonds. The molecule has 0 aliphatic heterocycles. The number of aryl methyl sites for hydroxylation is 1. The van der Waals surface area contributed by atoms with Gasteiger partial charge in [0.05, 0.1) is 17.8 Å². The average molecular weight is 563 g/mol. The Morgan fingerprint density at radius 3 is 2.60 bits per heavy atom. The van der Waals surface area contributed by atoms with Crippen LogP contribution in [-0.2, 0) is 22.7 Å². The number of fused-ring (bicyclic) bond motifs is 1. The fraction of sp³-hybridized carbons (Fsp3) is 0.467. The summed E-state index contributed by atoms with van der Waals surface area (Å²) in [5.74, 6) is 0.775. The minimum absolute atomic E-state index is 0.364. The first-order valence-electron chi connectivity index (χ1n) is 13.7. The maximum atomic E-state index is 12.5. The molecule has 0 fully saturated rings. The molecule has 4 aromatic rings. The van der Waals surface area contributed by atoms with Gasteiger partial charge in [0.15, 0.2) is 5.82 Å². The van der Waals surface area contributed by atoms with E-state index in [1.54, 1.807) is 11.9 Å². The zero-order valence-corrected chi connectivity index (χ0v) is 26.3. The molecule has 40 heavy (non-hydrogen) atoms. The third kappa shape index (κ3) is 7.17. The number of nitrogens with zero attached hydrogens (tertiary/aromatic N) is 5. The molecule has 1 N–H and O–H groups in total. The number of ether oxygens (including phenoxy) is 2. The van der Waals surface area contributed by atoms with Crippen LogP contribution in [0.1, 0.15) is 37.6 Å². The highest BCUT2D eigenvalue weighted by Gasteiger charge is 2.21. The van der Waals surface area contributed by atoms with Crippen molar-refractivity contribution < 1.29 is 14.3 Å². The van der Waals surface area contributed by atoms with Gasteiger partial charge in [0.2, 0.25) is 0 Å². The molecule has 214 valence electrons. The van der Waals surface area contributed by atoms with E-state index in [0.29, 0.717) is 13.3 Å². The largest absolute Gasteiger partial charge is 0.444 e. The molecule has 0 atom stereocenters. The zero-order valence-electron chi connectivity index (χ0n) is 25.3. The summed E-state index contributed by atoms with van der Waals surface area (Å²) in [7, 11) is 0.576. The second-order valence-electron chi connectivity index (χ2n) is 12.7. The number of hydrogen-bond donors (Lipinski definition) is 1. The highest BCUT2D eigenvalue weighted by molar-refractivity contribution is 6.76. The maximum Gasteiger partial charge on any atom is 0.410 e. The van der Waals surface area contributed by atoms with E-state index >= 15 is 0 Å². The predicted molar refractivity (Wildman–Crippen MR) is 162 cm³/mol. The van der Waals surface area contributed by atoms with Crippen molar-refractivity contribution in [2.45, 2.75) is 79.2 Å². The summed E-state index contributed by atoms with van der Waals surface area (Å²) < 4.78 is 13.6. The number of pyridine rings is 1. The van der Waals surface area contributed by atoms with E-state index < -0.39 is 13.7 Å². The van der Waals surface area contributed by atoms with Gasteiger partial charge in [0, 0.05) is 51.3 Å². The Morgan fingerprint density at radius 2 is 1.90 bits per heavy atom. The van der Waals surface area contributed by atoms with Crippen LogP contribution in [0.5, 0.6) is 0 Å². The summed E-state index contributed by atoms with van der Waals surface area (Å²) in [4.78, 5) is 23.4. The Balaban J connectivity index is 1.61. The van der Waals surface area contributed by atoms with Crippen molar-refractivity contribution in [1.82, 2.24) is 29.6 Å². The Morgan fingerprint density at radius 1 is 1.15 bits per heavy atom. The molecule has 10 heteroatoms. The first-order valence-corrected chi connectivity index (χ1v) is 17.4. The molecule has 3 heterocycles. The van der Waals surface area contributed by atoms with E-state index in [1.165, 1.54) is 0 Å². The highest BCUT2D eigenvalue weighted by atomic mass is 28.3. The first-order chi connectivity index (χ1) is 18.7. The molecule has 0 aliphatic rings. The van der Waals surface area contributed by atoms with Gasteiger partial charge in [-0.3, -0.25) is 10.1 Å². The number of aromatic amines is 1. The summed E-state index contributed by atoms with van der Waals surface area (Å²) in [5, 5.41) is 8.77. The fourth-order valence-corrected chi connectivity index (χ4v) is 5.16. The summed E-state index contributed by atoms with van der Waals surface area (Å²) in [6.07, 6.45) is 5.32. The molecule has 4 rings (SSSR count). The monoisotopic (exact) mass is 562 g/mol. The van der Waals surface area contributed by atoms with Gasteiger partial charge in [-0.2, -0.15) is 5.10 Å². The molecule has 9 nitrogen and oxygen atoms in total. The van der Waals surface area contributed by atoms with E-state index in [1.807, 2.05) is 56.9 Å². The lowest BCUT2D eigenvalue weighted by atomic mass is 9.97. The van der Waals surface area contributed by atoms with Crippen molar-refractivity contribution in [3.8, 4) is 22.6 Å². The van der Waals surface area contributed by atoms with E-state index in [2.05, 4.69) is 53.9 Å². The molecular weight excluding hydrogens is 520 g/mol. The van der Waals surface area contributed by atoms with Gasteiger partial charge in [-0.25, -0.2) is 9.78 Å².